The van der Waals surface area contributed by atoms with Gasteiger partial charge in [0.15, 0.2) is 0 Å². The van der Waals surface area contributed by atoms with E-state index in [0.717, 1.165) is 49.2 Å². The van der Waals surface area contributed by atoms with Crippen molar-refractivity contribution in [2.75, 3.05) is 26.2 Å². The largest absolute Gasteiger partial charge is 0.331 e. The Hall–Kier alpha value is -1.85. The first kappa shape index (κ1) is 18.9. The van der Waals surface area contributed by atoms with Crippen molar-refractivity contribution in [1.29, 1.82) is 0 Å². The highest BCUT2D eigenvalue weighted by Crippen LogP contribution is 2.17. The standard InChI is InChI=1S/C21H26BrN3O/c1-17(19-8-10-20(22)11-9-19)23-21(26)25-13-5-12-24(14-15-25)16-18-6-3-2-4-7-18/h2-4,6-11,17H,5,12-16H2,1H3,(H,23,26). The molecule has 1 aliphatic heterocycles. The number of benzene rings is 2. The quantitative estimate of drug-likeness (QED) is 0.801. The van der Waals surface area contributed by atoms with Gasteiger partial charge in [-0.05, 0) is 36.6 Å². The maximum absolute atomic E-state index is 12.7. The number of hydrogen-bond acceptors (Lipinski definition) is 2. The van der Waals surface area contributed by atoms with E-state index in [1.807, 2.05) is 42.2 Å². The van der Waals surface area contributed by atoms with Crippen molar-refractivity contribution in [3.63, 3.8) is 0 Å². The van der Waals surface area contributed by atoms with E-state index < -0.39 is 0 Å². The Morgan fingerprint density at radius 3 is 2.50 bits per heavy atom. The third-order valence-corrected chi connectivity index (χ3v) is 5.36. The predicted octanol–water partition coefficient (Wildman–Crippen LogP) is 4.43. The molecule has 4 nitrogen and oxygen atoms in total. The molecule has 0 aromatic heterocycles. The lowest BCUT2D eigenvalue weighted by Crippen LogP contribution is -2.42. The Morgan fingerprint density at radius 2 is 1.77 bits per heavy atom. The van der Waals surface area contributed by atoms with Crippen LogP contribution in [-0.4, -0.2) is 42.0 Å². The number of amides is 2. The first-order chi connectivity index (χ1) is 12.6. The summed E-state index contributed by atoms with van der Waals surface area (Å²) in [7, 11) is 0. The molecule has 3 rings (SSSR count). The van der Waals surface area contributed by atoms with E-state index in [0.29, 0.717) is 0 Å². The molecule has 1 atom stereocenters. The molecule has 0 spiro atoms. The summed E-state index contributed by atoms with van der Waals surface area (Å²) in [5.74, 6) is 0. The summed E-state index contributed by atoms with van der Waals surface area (Å²) < 4.78 is 1.05. The van der Waals surface area contributed by atoms with Crippen molar-refractivity contribution in [2.45, 2.75) is 25.9 Å². The van der Waals surface area contributed by atoms with Gasteiger partial charge in [0.05, 0.1) is 6.04 Å². The smallest absolute Gasteiger partial charge is 0.317 e. The molecule has 0 radical (unpaired) electrons. The maximum atomic E-state index is 12.7. The maximum Gasteiger partial charge on any atom is 0.317 e. The molecule has 1 saturated heterocycles. The van der Waals surface area contributed by atoms with Crippen LogP contribution in [0.4, 0.5) is 4.79 Å². The average molecular weight is 416 g/mol. The van der Waals surface area contributed by atoms with Crippen LogP contribution in [-0.2, 0) is 6.54 Å². The molecule has 2 aromatic carbocycles. The topological polar surface area (TPSA) is 35.6 Å². The van der Waals surface area contributed by atoms with E-state index in [4.69, 9.17) is 0 Å². The number of urea groups is 1. The van der Waals surface area contributed by atoms with Gasteiger partial charge in [-0.15, -0.1) is 0 Å². The number of rotatable bonds is 4. The number of halogens is 1. The molecule has 0 aliphatic carbocycles. The van der Waals surface area contributed by atoms with Gasteiger partial charge in [-0.3, -0.25) is 4.90 Å². The highest BCUT2D eigenvalue weighted by atomic mass is 79.9. The number of carbonyl (C=O) groups excluding carboxylic acids is 1. The number of nitrogens with zero attached hydrogens (tertiary/aromatic N) is 2. The fraction of sp³-hybridized carbons (Fsp3) is 0.381. The molecule has 2 aromatic rings. The minimum atomic E-state index is -0.000671. The molecule has 1 heterocycles. The van der Waals surface area contributed by atoms with Crippen LogP contribution in [0.5, 0.6) is 0 Å². The van der Waals surface area contributed by atoms with Gasteiger partial charge in [-0.25, -0.2) is 4.79 Å². The molecule has 1 unspecified atom stereocenters. The van der Waals surface area contributed by atoms with Crippen molar-refractivity contribution in [1.82, 2.24) is 15.1 Å². The van der Waals surface area contributed by atoms with Gasteiger partial charge in [0, 0.05) is 37.2 Å². The monoisotopic (exact) mass is 415 g/mol. The van der Waals surface area contributed by atoms with Gasteiger partial charge in [0.2, 0.25) is 0 Å². The zero-order valence-electron chi connectivity index (χ0n) is 15.2. The predicted molar refractivity (Wildman–Crippen MR) is 109 cm³/mol. The van der Waals surface area contributed by atoms with E-state index in [-0.39, 0.29) is 12.1 Å². The van der Waals surface area contributed by atoms with Crippen LogP contribution in [0.3, 0.4) is 0 Å². The average Bonchev–Trinajstić information content (AvgIpc) is 2.89. The van der Waals surface area contributed by atoms with Crippen LogP contribution in [0.15, 0.2) is 59.1 Å². The van der Waals surface area contributed by atoms with E-state index in [1.54, 1.807) is 0 Å². The number of carbonyl (C=O) groups is 1. The highest BCUT2D eigenvalue weighted by Gasteiger charge is 2.20. The Morgan fingerprint density at radius 1 is 1.04 bits per heavy atom. The summed E-state index contributed by atoms with van der Waals surface area (Å²) in [6, 6.07) is 18.7. The Kier molecular flexibility index (Phi) is 6.69. The van der Waals surface area contributed by atoms with Crippen LogP contribution in [0.2, 0.25) is 0 Å². The summed E-state index contributed by atoms with van der Waals surface area (Å²) in [6.07, 6.45) is 1.01. The van der Waals surface area contributed by atoms with Crippen molar-refractivity contribution in [3.05, 3.63) is 70.2 Å². The van der Waals surface area contributed by atoms with E-state index >= 15 is 0 Å². The second kappa shape index (κ2) is 9.19. The molecule has 5 heteroatoms. The molecule has 1 aliphatic rings. The number of hydrogen-bond donors (Lipinski definition) is 1. The van der Waals surface area contributed by atoms with Crippen molar-refractivity contribution >= 4 is 22.0 Å². The van der Waals surface area contributed by atoms with Gasteiger partial charge < -0.3 is 10.2 Å². The summed E-state index contributed by atoms with van der Waals surface area (Å²) in [4.78, 5) is 17.0. The van der Waals surface area contributed by atoms with Gasteiger partial charge in [0.25, 0.3) is 0 Å². The first-order valence-corrected chi connectivity index (χ1v) is 9.98. The molecular weight excluding hydrogens is 390 g/mol. The molecule has 0 saturated carbocycles. The van der Waals surface area contributed by atoms with E-state index in [2.05, 4.69) is 50.4 Å². The van der Waals surface area contributed by atoms with E-state index in [9.17, 15) is 4.79 Å². The van der Waals surface area contributed by atoms with Crippen LogP contribution in [0.1, 0.15) is 30.5 Å². The fourth-order valence-corrected chi connectivity index (χ4v) is 3.55. The summed E-state index contributed by atoms with van der Waals surface area (Å²) in [5, 5.41) is 3.13. The fourth-order valence-electron chi connectivity index (χ4n) is 3.29. The molecule has 138 valence electrons. The third-order valence-electron chi connectivity index (χ3n) is 4.83. The summed E-state index contributed by atoms with van der Waals surface area (Å²) in [6.45, 7) is 6.50. The van der Waals surface area contributed by atoms with Gasteiger partial charge in [0.1, 0.15) is 0 Å². The van der Waals surface area contributed by atoms with Gasteiger partial charge in [-0.2, -0.15) is 0 Å². The molecule has 26 heavy (non-hydrogen) atoms. The summed E-state index contributed by atoms with van der Waals surface area (Å²) >= 11 is 3.45. The SMILES string of the molecule is CC(NC(=O)N1CCCN(Cc2ccccc2)CC1)c1ccc(Br)cc1. The third kappa shape index (κ3) is 5.32. The zero-order chi connectivity index (χ0) is 18.4. The van der Waals surface area contributed by atoms with E-state index in [1.165, 1.54) is 5.56 Å². The lowest BCUT2D eigenvalue weighted by atomic mass is 10.1. The Bertz CT molecular complexity index is 705. The lowest BCUT2D eigenvalue weighted by Gasteiger charge is -2.24. The minimum absolute atomic E-state index is 0.000671. The van der Waals surface area contributed by atoms with Crippen LogP contribution >= 0.6 is 15.9 Å². The molecule has 1 N–H and O–H groups in total. The highest BCUT2D eigenvalue weighted by molar-refractivity contribution is 9.10. The second-order valence-electron chi connectivity index (χ2n) is 6.83. The van der Waals surface area contributed by atoms with Crippen LogP contribution in [0.25, 0.3) is 0 Å². The Labute approximate surface area is 164 Å². The lowest BCUT2D eigenvalue weighted by molar-refractivity contribution is 0.194. The normalized spacial score (nSPS) is 16.8. The van der Waals surface area contributed by atoms with Crippen LogP contribution in [0, 0.1) is 0 Å². The molecule has 2 amide bonds. The molecule has 1 fully saturated rings. The van der Waals surface area contributed by atoms with Gasteiger partial charge in [-0.1, -0.05) is 58.4 Å². The van der Waals surface area contributed by atoms with Crippen molar-refractivity contribution in [3.8, 4) is 0 Å². The first-order valence-electron chi connectivity index (χ1n) is 9.19. The zero-order valence-corrected chi connectivity index (χ0v) is 16.8. The molecular formula is C21H26BrN3O. The van der Waals surface area contributed by atoms with Crippen molar-refractivity contribution in [2.24, 2.45) is 0 Å². The Balaban J connectivity index is 1.51. The second-order valence-corrected chi connectivity index (χ2v) is 7.74. The summed E-state index contributed by atoms with van der Waals surface area (Å²) in [5.41, 5.74) is 2.44. The van der Waals surface area contributed by atoms with Crippen LogP contribution < -0.4 is 5.32 Å². The minimum Gasteiger partial charge on any atom is -0.331 e. The molecule has 0 bridgehead atoms. The van der Waals surface area contributed by atoms with Crippen molar-refractivity contribution < 1.29 is 4.79 Å². The number of nitrogens with one attached hydrogen (secondary N) is 1. The van der Waals surface area contributed by atoms with Gasteiger partial charge >= 0.3 is 6.03 Å².